The van der Waals surface area contributed by atoms with Crippen LogP contribution in [0, 0.1) is 0 Å². The fourth-order valence-electron chi connectivity index (χ4n) is 4.03. The molecule has 0 aromatic carbocycles. The minimum absolute atomic E-state index is 0.0862. The van der Waals surface area contributed by atoms with Gasteiger partial charge in [-0.25, -0.2) is 15.0 Å². The van der Waals surface area contributed by atoms with E-state index in [4.69, 9.17) is 9.72 Å². The van der Waals surface area contributed by atoms with Crippen LogP contribution in [0.25, 0.3) is 11.1 Å². The number of ether oxygens (including phenoxy) is 1. The first-order valence-electron chi connectivity index (χ1n) is 10.9. The van der Waals surface area contributed by atoms with Crippen molar-refractivity contribution >= 4 is 11.9 Å². The smallest absolute Gasteiger partial charge is 0.259 e. The maximum Gasteiger partial charge on any atom is 0.259 e. The average molecular weight is 433 g/mol. The Kier molecular flexibility index (Phi) is 6.58. The van der Waals surface area contributed by atoms with Gasteiger partial charge in [0, 0.05) is 51.0 Å². The van der Waals surface area contributed by atoms with Crippen LogP contribution in [0.2, 0.25) is 0 Å². The van der Waals surface area contributed by atoms with Crippen molar-refractivity contribution in [1.82, 2.24) is 24.8 Å². The van der Waals surface area contributed by atoms with Crippen molar-refractivity contribution in [2.45, 2.75) is 32.2 Å². The molecular weight excluding hydrogens is 404 g/mol. The number of pyridine rings is 2. The molecule has 0 spiro atoms. The standard InChI is InChI=1S/C24H28N6O2/c1-4-32-22-18(8-7-12-26-22)23(31)30-15-6-5-9-20(30)21-19(17-10-13-25-14-11-17)16-27-24(28-21)29(2)3/h7-8,10-14,16,20H,4-6,9,15H2,1-3H3. The molecule has 1 aliphatic rings. The molecule has 8 heteroatoms. The van der Waals surface area contributed by atoms with E-state index in [2.05, 4.69) is 15.0 Å². The van der Waals surface area contributed by atoms with Crippen molar-refractivity contribution in [3.8, 4) is 17.0 Å². The van der Waals surface area contributed by atoms with Crippen LogP contribution in [0.1, 0.15) is 48.3 Å². The number of carbonyl (C=O) groups is 1. The van der Waals surface area contributed by atoms with Gasteiger partial charge in [0.1, 0.15) is 5.56 Å². The zero-order valence-electron chi connectivity index (χ0n) is 18.7. The van der Waals surface area contributed by atoms with Gasteiger partial charge in [-0.2, -0.15) is 0 Å². The van der Waals surface area contributed by atoms with E-state index in [9.17, 15) is 4.79 Å². The molecule has 0 bridgehead atoms. The van der Waals surface area contributed by atoms with Crippen LogP contribution >= 0.6 is 0 Å². The summed E-state index contributed by atoms with van der Waals surface area (Å²) < 4.78 is 5.64. The van der Waals surface area contributed by atoms with E-state index in [0.29, 0.717) is 30.5 Å². The Hall–Kier alpha value is -3.55. The van der Waals surface area contributed by atoms with E-state index >= 15 is 0 Å². The lowest BCUT2D eigenvalue weighted by Crippen LogP contribution is -2.39. The first-order valence-corrected chi connectivity index (χ1v) is 10.9. The van der Waals surface area contributed by atoms with Crippen LogP contribution in [0.3, 0.4) is 0 Å². The molecule has 166 valence electrons. The molecule has 3 aromatic heterocycles. The molecule has 1 aliphatic heterocycles. The number of aromatic nitrogens is 4. The Balaban J connectivity index is 1.79. The Morgan fingerprint density at radius 2 is 1.97 bits per heavy atom. The third kappa shape index (κ3) is 4.39. The molecule has 4 rings (SSSR count). The van der Waals surface area contributed by atoms with Crippen LogP contribution in [-0.2, 0) is 0 Å². The maximum atomic E-state index is 13.7. The Morgan fingerprint density at radius 1 is 1.16 bits per heavy atom. The van der Waals surface area contributed by atoms with Gasteiger partial charge in [-0.1, -0.05) is 0 Å². The normalized spacial score (nSPS) is 16.0. The summed E-state index contributed by atoms with van der Waals surface area (Å²) in [7, 11) is 3.83. The lowest BCUT2D eigenvalue weighted by atomic mass is 9.93. The monoisotopic (exact) mass is 432 g/mol. The molecule has 3 aromatic rings. The minimum Gasteiger partial charge on any atom is -0.477 e. The van der Waals surface area contributed by atoms with Crippen LogP contribution in [0.5, 0.6) is 5.88 Å². The zero-order valence-corrected chi connectivity index (χ0v) is 18.7. The Bertz CT molecular complexity index is 1070. The Morgan fingerprint density at radius 3 is 2.72 bits per heavy atom. The van der Waals surface area contributed by atoms with Crippen molar-refractivity contribution in [3.63, 3.8) is 0 Å². The highest BCUT2D eigenvalue weighted by atomic mass is 16.5. The van der Waals surface area contributed by atoms with Crippen molar-refractivity contribution in [2.24, 2.45) is 0 Å². The summed E-state index contributed by atoms with van der Waals surface area (Å²) in [6.07, 6.45) is 9.81. The third-order valence-electron chi connectivity index (χ3n) is 5.56. The average Bonchev–Trinajstić information content (AvgIpc) is 2.84. The largest absolute Gasteiger partial charge is 0.477 e. The summed E-state index contributed by atoms with van der Waals surface area (Å²) in [5.74, 6) is 0.902. The van der Waals surface area contributed by atoms with Crippen LogP contribution in [-0.4, -0.2) is 58.0 Å². The first-order chi connectivity index (χ1) is 15.6. The second-order valence-electron chi connectivity index (χ2n) is 7.90. The molecule has 0 radical (unpaired) electrons. The number of rotatable bonds is 6. The van der Waals surface area contributed by atoms with Crippen LogP contribution < -0.4 is 9.64 Å². The van der Waals surface area contributed by atoms with Crippen molar-refractivity contribution < 1.29 is 9.53 Å². The molecule has 1 unspecified atom stereocenters. The molecule has 32 heavy (non-hydrogen) atoms. The summed E-state index contributed by atoms with van der Waals surface area (Å²) in [4.78, 5) is 35.3. The molecule has 1 atom stereocenters. The second-order valence-corrected chi connectivity index (χ2v) is 7.90. The maximum absolute atomic E-state index is 13.7. The number of carbonyl (C=O) groups excluding carboxylic acids is 1. The van der Waals surface area contributed by atoms with Gasteiger partial charge in [0.25, 0.3) is 5.91 Å². The molecule has 1 saturated heterocycles. The first kappa shape index (κ1) is 21.7. The van der Waals surface area contributed by atoms with Gasteiger partial charge in [0.2, 0.25) is 11.8 Å². The summed E-state index contributed by atoms with van der Waals surface area (Å²) >= 11 is 0. The molecule has 4 heterocycles. The number of hydrogen-bond donors (Lipinski definition) is 0. The quantitative estimate of drug-likeness (QED) is 0.586. The summed E-state index contributed by atoms with van der Waals surface area (Å²) in [5, 5.41) is 0. The van der Waals surface area contributed by atoms with Crippen LogP contribution in [0.4, 0.5) is 5.95 Å². The minimum atomic E-state index is -0.171. The van der Waals surface area contributed by atoms with E-state index in [-0.39, 0.29) is 11.9 Å². The summed E-state index contributed by atoms with van der Waals surface area (Å²) in [5.41, 5.74) is 3.23. The van der Waals surface area contributed by atoms with Crippen LogP contribution in [0.15, 0.2) is 49.1 Å². The predicted octanol–water partition coefficient (Wildman–Crippen LogP) is 3.77. The molecular formula is C24H28N6O2. The number of likely N-dealkylation sites (tertiary alicyclic amines) is 1. The van der Waals surface area contributed by atoms with E-state index in [1.165, 1.54) is 0 Å². The van der Waals surface area contributed by atoms with Gasteiger partial charge in [-0.15, -0.1) is 0 Å². The van der Waals surface area contributed by atoms with Crippen molar-refractivity contribution in [3.05, 3.63) is 60.3 Å². The van der Waals surface area contributed by atoms with Gasteiger partial charge in [0.15, 0.2) is 0 Å². The van der Waals surface area contributed by atoms with Crippen molar-refractivity contribution in [2.75, 3.05) is 32.1 Å². The molecule has 1 fully saturated rings. The van der Waals surface area contributed by atoms with E-state index < -0.39 is 0 Å². The van der Waals surface area contributed by atoms with Gasteiger partial charge >= 0.3 is 0 Å². The second kappa shape index (κ2) is 9.72. The van der Waals surface area contributed by atoms with E-state index in [1.807, 2.05) is 49.1 Å². The zero-order chi connectivity index (χ0) is 22.5. The highest BCUT2D eigenvalue weighted by Gasteiger charge is 2.33. The number of hydrogen-bond acceptors (Lipinski definition) is 7. The summed E-state index contributed by atoms with van der Waals surface area (Å²) in [6, 6.07) is 7.27. The van der Waals surface area contributed by atoms with E-state index in [0.717, 1.165) is 36.1 Å². The predicted molar refractivity (Wildman–Crippen MR) is 123 cm³/mol. The molecule has 0 N–H and O–H groups in total. The van der Waals surface area contributed by atoms with Crippen molar-refractivity contribution in [1.29, 1.82) is 0 Å². The van der Waals surface area contributed by atoms with Gasteiger partial charge in [0.05, 0.1) is 18.3 Å². The van der Waals surface area contributed by atoms with Gasteiger partial charge in [-0.05, 0) is 56.0 Å². The fourth-order valence-corrected chi connectivity index (χ4v) is 4.03. The number of piperidine rings is 1. The highest BCUT2D eigenvalue weighted by molar-refractivity contribution is 5.96. The molecule has 8 nitrogen and oxygen atoms in total. The highest BCUT2D eigenvalue weighted by Crippen LogP contribution is 2.37. The van der Waals surface area contributed by atoms with Gasteiger partial charge < -0.3 is 14.5 Å². The lowest BCUT2D eigenvalue weighted by molar-refractivity contribution is 0.0601. The molecule has 0 saturated carbocycles. The SMILES string of the molecule is CCOc1ncccc1C(=O)N1CCCCC1c1nc(N(C)C)ncc1-c1ccncc1. The number of anilines is 1. The molecule has 1 amide bonds. The number of nitrogens with zero attached hydrogens (tertiary/aromatic N) is 6. The summed E-state index contributed by atoms with van der Waals surface area (Å²) in [6.45, 7) is 2.99. The molecule has 0 aliphatic carbocycles. The third-order valence-corrected chi connectivity index (χ3v) is 5.56. The lowest BCUT2D eigenvalue weighted by Gasteiger charge is -2.36. The number of amides is 1. The Labute approximate surface area is 188 Å². The van der Waals surface area contributed by atoms with E-state index in [1.54, 1.807) is 30.7 Å². The fraction of sp³-hybridized carbons (Fsp3) is 0.375. The topological polar surface area (TPSA) is 84.3 Å². The van der Waals surface area contributed by atoms with Gasteiger partial charge in [-0.3, -0.25) is 9.78 Å².